The molecule has 0 aromatic carbocycles. The minimum absolute atomic E-state index is 0.0604. The SMILES string of the molecule is CC/C=C\C/C=C\C/C=C\CCCCCCCC(=O)OCCCOCCCC. The first-order chi connectivity index (χ1) is 13.8. The van der Waals surface area contributed by atoms with Crippen LogP contribution in [0.2, 0.25) is 0 Å². The van der Waals surface area contributed by atoms with Crippen molar-refractivity contribution in [2.24, 2.45) is 0 Å². The van der Waals surface area contributed by atoms with Crippen molar-refractivity contribution < 1.29 is 14.3 Å². The number of allylic oxidation sites excluding steroid dienone is 6. The molecular formula is C25H44O3. The van der Waals surface area contributed by atoms with Crippen molar-refractivity contribution in [3.8, 4) is 0 Å². The lowest BCUT2D eigenvalue weighted by atomic mass is 10.1. The fourth-order valence-electron chi connectivity index (χ4n) is 2.66. The predicted molar refractivity (Wildman–Crippen MR) is 121 cm³/mol. The Morgan fingerprint density at radius 3 is 2.07 bits per heavy atom. The van der Waals surface area contributed by atoms with E-state index in [-0.39, 0.29) is 5.97 Å². The van der Waals surface area contributed by atoms with Gasteiger partial charge in [-0.25, -0.2) is 0 Å². The summed E-state index contributed by atoms with van der Waals surface area (Å²) < 4.78 is 10.7. The summed E-state index contributed by atoms with van der Waals surface area (Å²) in [5.41, 5.74) is 0. The van der Waals surface area contributed by atoms with E-state index in [0.29, 0.717) is 19.6 Å². The van der Waals surface area contributed by atoms with E-state index in [9.17, 15) is 4.79 Å². The van der Waals surface area contributed by atoms with Crippen LogP contribution in [0.3, 0.4) is 0 Å². The number of hydrogen-bond donors (Lipinski definition) is 0. The smallest absolute Gasteiger partial charge is 0.305 e. The van der Waals surface area contributed by atoms with Crippen LogP contribution in [0, 0.1) is 0 Å². The zero-order valence-corrected chi connectivity index (χ0v) is 18.5. The quantitative estimate of drug-likeness (QED) is 0.124. The summed E-state index contributed by atoms with van der Waals surface area (Å²) in [4.78, 5) is 11.6. The van der Waals surface area contributed by atoms with Crippen LogP contribution in [0.1, 0.15) is 97.3 Å². The average Bonchev–Trinajstić information content (AvgIpc) is 2.70. The Labute approximate surface area is 174 Å². The van der Waals surface area contributed by atoms with Gasteiger partial charge in [0.2, 0.25) is 0 Å². The average molecular weight is 393 g/mol. The van der Waals surface area contributed by atoms with Crippen molar-refractivity contribution in [3.63, 3.8) is 0 Å². The zero-order valence-electron chi connectivity index (χ0n) is 18.5. The number of hydrogen-bond acceptors (Lipinski definition) is 3. The number of carbonyl (C=O) groups is 1. The Morgan fingerprint density at radius 2 is 1.32 bits per heavy atom. The number of unbranched alkanes of at least 4 members (excludes halogenated alkanes) is 6. The van der Waals surface area contributed by atoms with Crippen molar-refractivity contribution in [2.45, 2.75) is 97.3 Å². The van der Waals surface area contributed by atoms with Crippen LogP contribution < -0.4 is 0 Å². The Kier molecular flexibility index (Phi) is 22.5. The van der Waals surface area contributed by atoms with Crippen LogP contribution in [0.4, 0.5) is 0 Å². The minimum Gasteiger partial charge on any atom is -0.466 e. The van der Waals surface area contributed by atoms with Gasteiger partial charge in [0.1, 0.15) is 0 Å². The predicted octanol–water partition coefficient (Wildman–Crippen LogP) is 7.33. The van der Waals surface area contributed by atoms with Crippen molar-refractivity contribution in [2.75, 3.05) is 19.8 Å². The summed E-state index contributed by atoms with van der Waals surface area (Å²) in [6, 6.07) is 0. The molecule has 0 aromatic heterocycles. The Morgan fingerprint density at radius 1 is 0.679 bits per heavy atom. The fourth-order valence-corrected chi connectivity index (χ4v) is 2.66. The van der Waals surface area contributed by atoms with Crippen molar-refractivity contribution >= 4 is 5.97 Å². The fraction of sp³-hybridized carbons (Fsp3) is 0.720. The number of ether oxygens (including phenoxy) is 2. The molecule has 0 amide bonds. The molecule has 0 N–H and O–H groups in total. The van der Waals surface area contributed by atoms with E-state index in [4.69, 9.17) is 9.47 Å². The number of rotatable bonds is 20. The lowest BCUT2D eigenvalue weighted by Gasteiger charge is -2.05. The van der Waals surface area contributed by atoms with Crippen molar-refractivity contribution in [1.82, 2.24) is 0 Å². The van der Waals surface area contributed by atoms with E-state index < -0.39 is 0 Å². The molecule has 0 fully saturated rings. The highest BCUT2D eigenvalue weighted by Gasteiger charge is 2.02. The van der Waals surface area contributed by atoms with E-state index in [2.05, 4.69) is 50.3 Å². The Hall–Kier alpha value is -1.35. The topological polar surface area (TPSA) is 35.5 Å². The molecule has 0 saturated carbocycles. The van der Waals surface area contributed by atoms with E-state index in [1.165, 1.54) is 19.3 Å². The molecule has 0 aromatic rings. The van der Waals surface area contributed by atoms with Gasteiger partial charge >= 0.3 is 5.97 Å². The highest BCUT2D eigenvalue weighted by Crippen LogP contribution is 2.08. The molecular weight excluding hydrogens is 348 g/mol. The Bertz CT molecular complexity index is 410. The largest absolute Gasteiger partial charge is 0.466 e. The van der Waals surface area contributed by atoms with Gasteiger partial charge in [0.05, 0.1) is 6.61 Å². The van der Waals surface area contributed by atoms with Crippen LogP contribution >= 0.6 is 0 Å². The third kappa shape index (κ3) is 22.7. The third-order valence-corrected chi connectivity index (χ3v) is 4.37. The van der Waals surface area contributed by atoms with E-state index in [1.54, 1.807) is 0 Å². The minimum atomic E-state index is -0.0604. The summed E-state index contributed by atoms with van der Waals surface area (Å²) >= 11 is 0. The van der Waals surface area contributed by atoms with Gasteiger partial charge in [0, 0.05) is 26.1 Å². The van der Waals surface area contributed by atoms with Gasteiger partial charge in [0.15, 0.2) is 0 Å². The first kappa shape index (κ1) is 26.6. The molecule has 28 heavy (non-hydrogen) atoms. The summed E-state index contributed by atoms with van der Waals surface area (Å²) in [6.45, 7) is 6.30. The maximum absolute atomic E-state index is 11.6. The molecule has 0 heterocycles. The normalized spacial score (nSPS) is 11.9. The van der Waals surface area contributed by atoms with Crippen LogP contribution in [0.15, 0.2) is 36.5 Å². The lowest BCUT2D eigenvalue weighted by molar-refractivity contribution is -0.144. The van der Waals surface area contributed by atoms with Gasteiger partial charge in [-0.15, -0.1) is 0 Å². The second-order valence-electron chi connectivity index (χ2n) is 7.14. The lowest BCUT2D eigenvalue weighted by Crippen LogP contribution is -2.08. The Balaban J connectivity index is 3.28. The molecule has 162 valence electrons. The van der Waals surface area contributed by atoms with Gasteiger partial charge in [-0.2, -0.15) is 0 Å². The maximum Gasteiger partial charge on any atom is 0.305 e. The van der Waals surface area contributed by atoms with E-state index >= 15 is 0 Å². The molecule has 0 saturated heterocycles. The van der Waals surface area contributed by atoms with Gasteiger partial charge in [-0.05, 0) is 44.9 Å². The summed E-state index contributed by atoms with van der Waals surface area (Å²) in [7, 11) is 0. The zero-order chi connectivity index (χ0) is 20.5. The second-order valence-corrected chi connectivity index (χ2v) is 7.14. The number of esters is 1. The monoisotopic (exact) mass is 392 g/mol. The van der Waals surface area contributed by atoms with Crippen LogP contribution in [-0.4, -0.2) is 25.8 Å². The maximum atomic E-state index is 11.6. The highest BCUT2D eigenvalue weighted by atomic mass is 16.5. The van der Waals surface area contributed by atoms with Crippen LogP contribution in [0.5, 0.6) is 0 Å². The standard InChI is InChI=1S/C25H44O3/c1-3-5-7-8-9-10-11-12-13-14-15-16-17-18-19-21-25(26)28-24-20-23-27-22-6-4-2/h5,7,9-10,12-13H,3-4,6,8,11,14-24H2,1-2H3/b7-5-,10-9-,13-12-. The molecule has 0 atom stereocenters. The molecule has 3 nitrogen and oxygen atoms in total. The molecule has 0 aliphatic carbocycles. The molecule has 0 aliphatic heterocycles. The second kappa shape index (κ2) is 23.7. The first-order valence-corrected chi connectivity index (χ1v) is 11.5. The molecule has 3 heteroatoms. The number of carbonyl (C=O) groups excluding carboxylic acids is 1. The molecule has 0 aliphatic rings. The summed E-state index contributed by atoms with van der Waals surface area (Å²) in [5.74, 6) is -0.0604. The van der Waals surface area contributed by atoms with Gasteiger partial charge < -0.3 is 9.47 Å². The molecule has 0 rings (SSSR count). The summed E-state index contributed by atoms with van der Waals surface area (Å²) in [5, 5.41) is 0. The molecule has 0 bridgehead atoms. The van der Waals surface area contributed by atoms with Crippen molar-refractivity contribution in [1.29, 1.82) is 0 Å². The van der Waals surface area contributed by atoms with E-state index in [1.807, 2.05) is 0 Å². The van der Waals surface area contributed by atoms with Gasteiger partial charge in [0.25, 0.3) is 0 Å². The van der Waals surface area contributed by atoms with Crippen LogP contribution in [-0.2, 0) is 14.3 Å². The van der Waals surface area contributed by atoms with Crippen LogP contribution in [0.25, 0.3) is 0 Å². The first-order valence-electron chi connectivity index (χ1n) is 11.5. The molecule has 0 spiro atoms. The van der Waals surface area contributed by atoms with E-state index in [0.717, 1.165) is 64.4 Å². The molecule has 0 unspecified atom stereocenters. The van der Waals surface area contributed by atoms with Gasteiger partial charge in [-0.3, -0.25) is 4.79 Å². The van der Waals surface area contributed by atoms with Crippen molar-refractivity contribution in [3.05, 3.63) is 36.5 Å². The highest BCUT2D eigenvalue weighted by molar-refractivity contribution is 5.69. The third-order valence-electron chi connectivity index (χ3n) is 4.37. The summed E-state index contributed by atoms with van der Waals surface area (Å²) in [6.07, 6.45) is 27.1. The molecule has 0 radical (unpaired) electrons. The van der Waals surface area contributed by atoms with Gasteiger partial charge in [-0.1, -0.05) is 76.0 Å².